The molecule has 0 bridgehead atoms. The number of non-ortho nitro benzene ring substituents is 1. The molecule has 12 nitrogen and oxygen atoms in total. The van der Waals surface area contributed by atoms with Crippen molar-refractivity contribution in [3.8, 4) is 0 Å². The lowest BCUT2D eigenvalue weighted by Crippen LogP contribution is -2.38. The number of nitro benzene ring substituents is 1. The lowest BCUT2D eigenvalue weighted by Gasteiger charge is -2.25. The number of hydrogen-bond acceptors (Lipinski definition) is 9. The summed E-state index contributed by atoms with van der Waals surface area (Å²) in [6, 6.07) is 5.09. The van der Waals surface area contributed by atoms with Gasteiger partial charge in [0.2, 0.25) is 6.41 Å². The normalized spacial score (nSPS) is 18.2. The molecule has 1 heterocycles. The molecule has 2 amide bonds. The van der Waals surface area contributed by atoms with Crippen LogP contribution in [0.3, 0.4) is 0 Å². The van der Waals surface area contributed by atoms with Crippen LogP contribution in [0.5, 0.6) is 0 Å². The van der Waals surface area contributed by atoms with Gasteiger partial charge in [0, 0.05) is 18.2 Å². The minimum Gasteiger partial charge on any atom is -0.445 e. The highest BCUT2D eigenvalue weighted by Crippen LogP contribution is 2.25. The van der Waals surface area contributed by atoms with E-state index in [2.05, 4.69) is 6.58 Å². The number of nitrogens with zero attached hydrogens (tertiary/aromatic N) is 3. The Balaban J connectivity index is 2.01. The van der Waals surface area contributed by atoms with Crippen molar-refractivity contribution in [2.24, 2.45) is 0 Å². The molecule has 0 spiro atoms. The van der Waals surface area contributed by atoms with Gasteiger partial charge in [0.15, 0.2) is 0 Å². The van der Waals surface area contributed by atoms with Crippen LogP contribution in [0.2, 0.25) is 0 Å². The first-order valence-corrected chi connectivity index (χ1v) is 11.4. The lowest BCUT2D eigenvalue weighted by molar-refractivity contribution is -0.384. The topological polar surface area (TPSA) is 146 Å². The molecule has 176 valence electrons. The van der Waals surface area contributed by atoms with E-state index in [9.17, 15) is 28.1 Å². The molecule has 0 N–H and O–H groups in total. The summed E-state index contributed by atoms with van der Waals surface area (Å²) >= 11 is 0. The molecule has 0 saturated carbocycles. The quantitative estimate of drug-likeness (QED) is 0.146. The molecule has 1 aliphatic rings. The number of amides is 2. The fourth-order valence-corrected chi connectivity index (χ4v) is 3.84. The van der Waals surface area contributed by atoms with E-state index in [4.69, 9.17) is 13.8 Å². The van der Waals surface area contributed by atoms with E-state index >= 15 is 0 Å². The molecule has 1 saturated heterocycles. The molecule has 0 aliphatic carbocycles. The van der Waals surface area contributed by atoms with E-state index in [0.29, 0.717) is 18.4 Å². The van der Waals surface area contributed by atoms with Gasteiger partial charge in [0.05, 0.1) is 37.0 Å². The zero-order chi connectivity index (χ0) is 23.7. The SMILES string of the molecule is C=CCON(C=O)CC[C@@H]1C[C@@H](OS(C)(=O)=O)CN1C(=O)OCc1ccc([N+](=O)[O-])cc1. The number of hydrogen-bond donors (Lipinski definition) is 0. The summed E-state index contributed by atoms with van der Waals surface area (Å²) in [6.45, 7) is 3.65. The maximum absolute atomic E-state index is 12.7. The Bertz CT molecular complexity index is 920. The van der Waals surface area contributed by atoms with Crippen LogP contribution in [0.15, 0.2) is 36.9 Å². The molecule has 2 rings (SSSR count). The molecule has 32 heavy (non-hydrogen) atoms. The van der Waals surface area contributed by atoms with E-state index < -0.39 is 33.3 Å². The summed E-state index contributed by atoms with van der Waals surface area (Å²) in [5.41, 5.74) is 0.465. The third-order valence-corrected chi connectivity index (χ3v) is 5.21. The van der Waals surface area contributed by atoms with Crippen molar-refractivity contribution < 1.29 is 36.7 Å². The number of benzene rings is 1. The Kier molecular flexibility index (Phi) is 9.11. The van der Waals surface area contributed by atoms with Crippen molar-refractivity contribution in [3.05, 3.63) is 52.6 Å². The first-order valence-electron chi connectivity index (χ1n) is 9.63. The molecule has 1 aliphatic heterocycles. The smallest absolute Gasteiger partial charge is 0.410 e. The lowest BCUT2D eigenvalue weighted by atomic mass is 10.1. The molecule has 0 aromatic heterocycles. The van der Waals surface area contributed by atoms with Gasteiger partial charge in [-0.05, 0) is 30.5 Å². The average molecular weight is 471 g/mol. The number of carbonyl (C=O) groups excluding carboxylic acids is 2. The first-order chi connectivity index (χ1) is 15.1. The highest BCUT2D eigenvalue weighted by atomic mass is 32.2. The minimum atomic E-state index is -3.73. The van der Waals surface area contributed by atoms with Gasteiger partial charge in [-0.15, -0.1) is 6.58 Å². The van der Waals surface area contributed by atoms with Crippen LogP contribution in [0.4, 0.5) is 10.5 Å². The largest absolute Gasteiger partial charge is 0.445 e. The monoisotopic (exact) mass is 471 g/mol. The van der Waals surface area contributed by atoms with Gasteiger partial charge in [0.1, 0.15) is 6.61 Å². The van der Waals surface area contributed by atoms with Crippen molar-refractivity contribution in [2.75, 3.05) is 26.0 Å². The van der Waals surface area contributed by atoms with Gasteiger partial charge in [-0.2, -0.15) is 8.42 Å². The average Bonchev–Trinajstić information content (AvgIpc) is 3.13. The van der Waals surface area contributed by atoms with E-state index in [-0.39, 0.29) is 38.4 Å². The Hall–Kier alpha value is -3.03. The first kappa shape index (κ1) is 25.2. The molecular weight excluding hydrogens is 446 g/mol. The zero-order valence-electron chi connectivity index (χ0n) is 17.5. The van der Waals surface area contributed by atoms with Gasteiger partial charge >= 0.3 is 6.09 Å². The summed E-state index contributed by atoms with van der Waals surface area (Å²) in [5, 5.41) is 11.8. The molecule has 13 heteroatoms. The summed E-state index contributed by atoms with van der Waals surface area (Å²) in [7, 11) is -3.73. The second-order valence-electron chi connectivity index (χ2n) is 7.06. The number of rotatable bonds is 12. The number of likely N-dealkylation sites (tertiary alicyclic amines) is 1. The summed E-state index contributed by atoms with van der Waals surface area (Å²) in [4.78, 5) is 40.5. The Morgan fingerprint density at radius 2 is 2.06 bits per heavy atom. The van der Waals surface area contributed by atoms with Crippen LogP contribution in [0, 0.1) is 10.1 Å². The van der Waals surface area contributed by atoms with Crippen LogP contribution in [-0.2, 0) is 35.3 Å². The molecule has 0 radical (unpaired) electrons. The number of nitro groups is 1. The second kappa shape index (κ2) is 11.5. The number of carbonyl (C=O) groups is 2. The van der Waals surface area contributed by atoms with Crippen LogP contribution >= 0.6 is 0 Å². The predicted octanol–water partition coefficient (Wildman–Crippen LogP) is 1.62. The standard InChI is InChI=1S/C19H25N3O9S/c1-3-10-30-20(14-23)9-8-17-11-18(31-32(2,27)28)12-21(17)19(24)29-13-15-4-6-16(7-5-15)22(25)26/h3-7,14,17-18H,1,8-13H2,2H3/t17-,18-/m1/s1. The summed E-state index contributed by atoms with van der Waals surface area (Å²) in [6.07, 6.45) is 1.98. The van der Waals surface area contributed by atoms with Crippen molar-refractivity contribution in [1.29, 1.82) is 0 Å². The van der Waals surface area contributed by atoms with E-state index in [1.54, 1.807) is 0 Å². The van der Waals surface area contributed by atoms with Crippen molar-refractivity contribution in [2.45, 2.75) is 31.6 Å². The Morgan fingerprint density at radius 1 is 1.38 bits per heavy atom. The third-order valence-electron chi connectivity index (χ3n) is 4.59. The van der Waals surface area contributed by atoms with Gasteiger partial charge in [-0.3, -0.25) is 23.9 Å². The fourth-order valence-electron chi connectivity index (χ4n) is 3.20. The third kappa shape index (κ3) is 7.90. The zero-order valence-corrected chi connectivity index (χ0v) is 18.3. The van der Waals surface area contributed by atoms with Crippen LogP contribution < -0.4 is 0 Å². The minimum absolute atomic E-state index is 0.00850. The number of hydroxylamine groups is 2. The van der Waals surface area contributed by atoms with Crippen molar-refractivity contribution >= 4 is 28.3 Å². The van der Waals surface area contributed by atoms with Crippen LogP contribution in [0.25, 0.3) is 0 Å². The van der Waals surface area contributed by atoms with Crippen LogP contribution in [0.1, 0.15) is 18.4 Å². The van der Waals surface area contributed by atoms with E-state index in [1.807, 2.05) is 0 Å². The Labute approximate surface area is 185 Å². The molecule has 1 fully saturated rings. The molecule has 2 atom stereocenters. The molecule has 1 aromatic rings. The summed E-state index contributed by atoms with van der Waals surface area (Å²) < 4.78 is 33.3. The highest BCUT2D eigenvalue weighted by Gasteiger charge is 2.38. The Morgan fingerprint density at radius 3 is 2.62 bits per heavy atom. The predicted molar refractivity (Wildman–Crippen MR) is 112 cm³/mol. The molecular formula is C19H25N3O9S. The molecule has 0 unspecified atom stereocenters. The fraction of sp³-hybridized carbons (Fsp3) is 0.474. The van der Waals surface area contributed by atoms with Gasteiger partial charge in [-0.25, -0.2) is 9.86 Å². The van der Waals surface area contributed by atoms with Crippen molar-refractivity contribution in [3.63, 3.8) is 0 Å². The highest BCUT2D eigenvalue weighted by molar-refractivity contribution is 7.86. The van der Waals surface area contributed by atoms with Gasteiger partial charge < -0.3 is 9.64 Å². The number of ether oxygens (including phenoxy) is 1. The van der Waals surface area contributed by atoms with Crippen LogP contribution in [-0.4, -0.2) is 73.9 Å². The van der Waals surface area contributed by atoms with Gasteiger partial charge in [-0.1, -0.05) is 6.08 Å². The maximum atomic E-state index is 12.7. The molecule has 1 aromatic carbocycles. The maximum Gasteiger partial charge on any atom is 0.410 e. The summed E-state index contributed by atoms with van der Waals surface area (Å²) in [5.74, 6) is 0. The van der Waals surface area contributed by atoms with Crippen molar-refractivity contribution in [1.82, 2.24) is 9.96 Å². The van der Waals surface area contributed by atoms with Gasteiger partial charge in [0.25, 0.3) is 15.8 Å². The second-order valence-corrected chi connectivity index (χ2v) is 8.66. The van der Waals surface area contributed by atoms with E-state index in [1.165, 1.54) is 35.2 Å². The van der Waals surface area contributed by atoms with E-state index in [0.717, 1.165) is 11.3 Å².